The molecule has 0 aromatic heterocycles. The van der Waals surface area contributed by atoms with E-state index in [0.717, 1.165) is 70.6 Å². The molecule has 0 aromatic rings. The molecule has 8 nitrogen and oxygen atoms in total. The molecule has 290 valence electrons. The van der Waals surface area contributed by atoms with Crippen LogP contribution in [0.1, 0.15) is 181 Å². The van der Waals surface area contributed by atoms with Gasteiger partial charge < -0.3 is 19.3 Å². The van der Waals surface area contributed by atoms with E-state index in [1.54, 1.807) is 0 Å². The summed E-state index contributed by atoms with van der Waals surface area (Å²) in [5.41, 5.74) is 0. The van der Waals surface area contributed by atoms with Gasteiger partial charge in [-0.3, -0.25) is 14.1 Å². The molecule has 0 spiro atoms. The summed E-state index contributed by atoms with van der Waals surface area (Å²) in [6, 6.07) is 0. The van der Waals surface area contributed by atoms with Crippen LogP contribution in [-0.4, -0.2) is 41.0 Å². The first-order chi connectivity index (χ1) is 24.3. The van der Waals surface area contributed by atoms with E-state index in [2.05, 4.69) is 67.0 Å². The number of carbonyl (C=O) groups is 2. The molecule has 0 aliphatic rings. The van der Waals surface area contributed by atoms with Gasteiger partial charge in [0.2, 0.25) is 0 Å². The van der Waals surface area contributed by atoms with Crippen LogP contribution in [0.15, 0.2) is 48.6 Å². The van der Waals surface area contributed by atoms with E-state index < -0.39 is 32.5 Å². The van der Waals surface area contributed by atoms with Gasteiger partial charge in [-0.15, -0.1) is 0 Å². The normalized spacial score (nSPS) is 13.0. The van der Waals surface area contributed by atoms with Crippen molar-refractivity contribution in [2.24, 2.45) is 0 Å². The zero-order chi connectivity index (χ0) is 36.8. The lowest BCUT2D eigenvalue weighted by molar-refractivity contribution is -0.161. The SMILES string of the molecule is CCCCC/C=C\C/C=C\CCCCCCCCCC(=O)O[C@H](COC(=O)CCCCCCC/C=C\C/C=C\CCCCC)COP(=O)(O)O. The molecule has 50 heavy (non-hydrogen) atoms. The number of rotatable bonds is 36. The number of ether oxygens (including phenoxy) is 2. The molecule has 2 N–H and O–H groups in total. The van der Waals surface area contributed by atoms with Crippen LogP contribution in [0.2, 0.25) is 0 Å². The number of hydrogen-bond acceptors (Lipinski definition) is 6. The van der Waals surface area contributed by atoms with Gasteiger partial charge in [0.1, 0.15) is 6.61 Å². The summed E-state index contributed by atoms with van der Waals surface area (Å²) < 4.78 is 26.3. The van der Waals surface area contributed by atoms with Gasteiger partial charge in [-0.2, -0.15) is 0 Å². The average molecular weight is 725 g/mol. The van der Waals surface area contributed by atoms with Gasteiger partial charge in [-0.1, -0.05) is 140 Å². The van der Waals surface area contributed by atoms with E-state index in [0.29, 0.717) is 12.8 Å². The minimum Gasteiger partial charge on any atom is -0.462 e. The van der Waals surface area contributed by atoms with Crippen molar-refractivity contribution in [3.8, 4) is 0 Å². The molecule has 0 aliphatic carbocycles. The maximum atomic E-state index is 12.4. The van der Waals surface area contributed by atoms with E-state index in [4.69, 9.17) is 19.3 Å². The molecule has 0 unspecified atom stereocenters. The maximum absolute atomic E-state index is 12.4. The Kier molecular flexibility index (Phi) is 35.3. The van der Waals surface area contributed by atoms with Crippen molar-refractivity contribution in [2.75, 3.05) is 13.2 Å². The molecule has 0 rings (SSSR count). The summed E-state index contributed by atoms with van der Waals surface area (Å²) >= 11 is 0. The van der Waals surface area contributed by atoms with E-state index >= 15 is 0 Å². The number of phosphoric acid groups is 1. The summed E-state index contributed by atoms with van der Waals surface area (Å²) in [5.74, 6) is -0.911. The molecule has 0 amide bonds. The van der Waals surface area contributed by atoms with Crippen LogP contribution in [0.4, 0.5) is 0 Å². The summed E-state index contributed by atoms with van der Waals surface area (Å²) in [6.45, 7) is 3.61. The first kappa shape index (κ1) is 48.0. The monoisotopic (exact) mass is 725 g/mol. The summed E-state index contributed by atoms with van der Waals surface area (Å²) in [4.78, 5) is 42.8. The largest absolute Gasteiger partial charge is 0.469 e. The quantitative estimate of drug-likeness (QED) is 0.0284. The van der Waals surface area contributed by atoms with Gasteiger partial charge in [0.05, 0.1) is 6.61 Å². The van der Waals surface area contributed by atoms with Crippen LogP contribution in [-0.2, 0) is 28.2 Å². The molecule has 1 atom stereocenters. The molecule has 0 fully saturated rings. The minimum absolute atomic E-state index is 0.199. The Hall–Kier alpha value is -1.99. The highest BCUT2D eigenvalue weighted by atomic mass is 31.2. The Labute approximate surface area is 305 Å². The minimum atomic E-state index is -4.76. The van der Waals surface area contributed by atoms with Gasteiger partial charge in [0.25, 0.3) is 0 Å². The molecule has 0 aromatic carbocycles. The first-order valence-electron chi connectivity index (χ1n) is 19.9. The smallest absolute Gasteiger partial charge is 0.462 e. The Morgan fingerprint density at radius 3 is 1.32 bits per heavy atom. The predicted molar refractivity (Wildman–Crippen MR) is 207 cm³/mol. The van der Waals surface area contributed by atoms with Crippen molar-refractivity contribution in [1.82, 2.24) is 0 Å². The third-order valence-electron chi connectivity index (χ3n) is 8.32. The van der Waals surface area contributed by atoms with Crippen molar-refractivity contribution < 1.29 is 37.9 Å². The molecule has 0 radical (unpaired) electrons. The third-order valence-corrected chi connectivity index (χ3v) is 8.81. The van der Waals surface area contributed by atoms with Crippen LogP contribution in [0.25, 0.3) is 0 Å². The van der Waals surface area contributed by atoms with Gasteiger partial charge in [0, 0.05) is 12.8 Å². The van der Waals surface area contributed by atoms with E-state index in [-0.39, 0.29) is 19.4 Å². The fourth-order valence-corrected chi connectivity index (χ4v) is 5.67. The van der Waals surface area contributed by atoms with Crippen molar-refractivity contribution in [3.05, 3.63) is 48.6 Å². The van der Waals surface area contributed by atoms with Crippen LogP contribution < -0.4 is 0 Å². The van der Waals surface area contributed by atoms with Gasteiger partial charge >= 0.3 is 19.8 Å². The van der Waals surface area contributed by atoms with Crippen molar-refractivity contribution in [2.45, 2.75) is 187 Å². The number of phosphoric ester groups is 1. The van der Waals surface area contributed by atoms with Crippen LogP contribution in [0.3, 0.4) is 0 Å². The number of hydrogen-bond donors (Lipinski definition) is 2. The summed E-state index contributed by atoms with van der Waals surface area (Å²) in [7, 11) is -4.76. The first-order valence-corrected chi connectivity index (χ1v) is 21.5. The Morgan fingerprint density at radius 1 is 0.520 bits per heavy atom. The molecule has 0 aliphatic heterocycles. The second-order valence-corrected chi connectivity index (χ2v) is 14.5. The lowest BCUT2D eigenvalue weighted by Crippen LogP contribution is -2.29. The molecule has 0 heterocycles. The topological polar surface area (TPSA) is 119 Å². The fraction of sp³-hybridized carbons (Fsp3) is 0.756. The highest BCUT2D eigenvalue weighted by Crippen LogP contribution is 2.36. The number of esters is 2. The highest BCUT2D eigenvalue weighted by molar-refractivity contribution is 7.46. The van der Waals surface area contributed by atoms with Crippen LogP contribution >= 0.6 is 7.82 Å². The number of unbranched alkanes of at least 4 members (excludes halogenated alkanes) is 18. The van der Waals surface area contributed by atoms with Crippen LogP contribution in [0, 0.1) is 0 Å². The van der Waals surface area contributed by atoms with Gasteiger partial charge in [0.15, 0.2) is 6.10 Å². The zero-order valence-corrected chi connectivity index (χ0v) is 32.7. The van der Waals surface area contributed by atoms with Crippen molar-refractivity contribution in [1.29, 1.82) is 0 Å². The predicted octanol–water partition coefficient (Wildman–Crippen LogP) is 12.0. The Balaban J connectivity index is 3.99. The van der Waals surface area contributed by atoms with Crippen molar-refractivity contribution in [3.63, 3.8) is 0 Å². The van der Waals surface area contributed by atoms with Crippen molar-refractivity contribution >= 4 is 19.8 Å². The second kappa shape index (κ2) is 36.8. The van der Waals surface area contributed by atoms with E-state index in [1.165, 1.54) is 70.6 Å². The number of carbonyl (C=O) groups excluding carboxylic acids is 2. The molecule has 0 saturated carbocycles. The standard InChI is InChI=1S/C41H73O8P/c1-3-5-7-9-11-13-15-17-19-20-22-24-26-28-30-32-34-36-41(43)49-39(38-48-50(44,45)46)37-47-40(42)35-33-31-29-27-25-23-21-18-16-14-12-10-8-6-4-2/h11-14,17-19,21,39H,3-10,15-16,20,22-38H2,1-2H3,(H2,44,45,46)/b13-11-,14-12-,19-17-,21-18-/t39-/m1/s1. The molecular formula is C41H73O8P. The lowest BCUT2D eigenvalue weighted by Gasteiger charge is -2.18. The van der Waals surface area contributed by atoms with Gasteiger partial charge in [-0.25, -0.2) is 4.57 Å². The third kappa shape index (κ3) is 38.8. The highest BCUT2D eigenvalue weighted by Gasteiger charge is 2.22. The molecule has 0 bridgehead atoms. The van der Waals surface area contributed by atoms with Crippen LogP contribution in [0.5, 0.6) is 0 Å². The fourth-order valence-electron chi connectivity index (χ4n) is 5.31. The average Bonchev–Trinajstić information content (AvgIpc) is 3.08. The molecular weight excluding hydrogens is 651 g/mol. The Bertz CT molecular complexity index is 952. The van der Waals surface area contributed by atoms with Gasteiger partial charge in [-0.05, 0) is 77.0 Å². The Morgan fingerprint density at radius 2 is 0.900 bits per heavy atom. The zero-order valence-electron chi connectivity index (χ0n) is 31.8. The molecule has 9 heteroatoms. The second-order valence-electron chi connectivity index (χ2n) is 13.2. The molecule has 0 saturated heterocycles. The summed E-state index contributed by atoms with van der Waals surface area (Å²) in [6.07, 6.45) is 43.9. The van der Waals surface area contributed by atoms with E-state index in [9.17, 15) is 14.2 Å². The summed E-state index contributed by atoms with van der Waals surface area (Å²) in [5, 5.41) is 0. The number of allylic oxidation sites excluding steroid dienone is 8. The lowest BCUT2D eigenvalue weighted by atomic mass is 10.1. The maximum Gasteiger partial charge on any atom is 0.469 e. The van der Waals surface area contributed by atoms with E-state index in [1.807, 2.05) is 0 Å².